The lowest BCUT2D eigenvalue weighted by Crippen LogP contribution is -2.30. The zero-order chi connectivity index (χ0) is 65.6. The maximum atomic E-state index is 13.0. The number of esters is 4. The molecule has 0 aliphatic heterocycles. The van der Waals surface area contributed by atoms with E-state index < -0.39 is 97.5 Å². The number of ether oxygens (including phenoxy) is 4. The van der Waals surface area contributed by atoms with Gasteiger partial charge in [0.15, 0.2) is 12.2 Å². The highest BCUT2D eigenvalue weighted by Gasteiger charge is 2.30. The van der Waals surface area contributed by atoms with Crippen molar-refractivity contribution in [2.45, 2.75) is 380 Å². The van der Waals surface area contributed by atoms with E-state index in [1.165, 1.54) is 173 Å². The summed E-state index contributed by atoms with van der Waals surface area (Å²) in [5, 5.41) is 10.6. The van der Waals surface area contributed by atoms with E-state index in [1.807, 2.05) is 0 Å². The molecule has 0 bridgehead atoms. The molecule has 2 unspecified atom stereocenters. The van der Waals surface area contributed by atoms with Crippen LogP contribution in [0.4, 0.5) is 0 Å². The Morgan fingerprint density at radius 2 is 0.517 bits per heavy atom. The first-order valence-electron chi connectivity index (χ1n) is 36.6. The fourth-order valence-corrected chi connectivity index (χ4v) is 12.2. The fraction of sp³-hybridized carbons (Fsp3) is 0.943. The van der Waals surface area contributed by atoms with Crippen LogP contribution in [-0.2, 0) is 65.4 Å². The second kappa shape index (κ2) is 63.5. The first-order chi connectivity index (χ1) is 43.0. The Morgan fingerprint density at radius 1 is 0.303 bits per heavy atom. The van der Waals surface area contributed by atoms with Gasteiger partial charge in [0.1, 0.15) is 19.3 Å². The third-order valence-electron chi connectivity index (χ3n) is 16.3. The summed E-state index contributed by atoms with van der Waals surface area (Å²) in [4.78, 5) is 72.3. The summed E-state index contributed by atoms with van der Waals surface area (Å²) in [5.74, 6) is -1.40. The van der Waals surface area contributed by atoms with E-state index in [0.717, 1.165) is 109 Å². The summed E-state index contributed by atoms with van der Waals surface area (Å²) in [6, 6.07) is 0. The minimum atomic E-state index is -4.95. The van der Waals surface area contributed by atoms with Crippen LogP contribution in [0.2, 0.25) is 0 Å². The monoisotopic (exact) mass is 1310 g/mol. The maximum absolute atomic E-state index is 13.0. The zero-order valence-corrected chi connectivity index (χ0v) is 59.4. The number of hydrogen-bond acceptors (Lipinski definition) is 15. The molecule has 0 saturated heterocycles. The van der Waals surface area contributed by atoms with E-state index in [2.05, 4.69) is 34.6 Å². The van der Waals surface area contributed by atoms with Crippen molar-refractivity contribution < 1.29 is 80.2 Å². The molecule has 0 amide bonds. The van der Waals surface area contributed by atoms with Gasteiger partial charge in [-0.2, -0.15) is 0 Å². The third-order valence-corrected chi connectivity index (χ3v) is 18.2. The van der Waals surface area contributed by atoms with Crippen LogP contribution >= 0.6 is 15.6 Å². The summed E-state index contributed by atoms with van der Waals surface area (Å²) in [7, 11) is -9.89. The van der Waals surface area contributed by atoms with Crippen molar-refractivity contribution in [2.24, 2.45) is 5.92 Å². The van der Waals surface area contributed by atoms with Crippen LogP contribution in [0.3, 0.4) is 0 Å². The standard InChI is InChI=1S/C70H136O17P2/c1-6-9-12-15-18-20-22-23-24-25-26-27-28-29-30-31-32-34-41-46-51-56-70(75)87-66(60-81-68(73)54-49-44-39-36-35-38-42-47-52-63(4)5)62-85-89(78,79)83-58-64(71)57-82-88(76,77)84-61-65(59-80-67(72)53-48-43-37-17-14-11-8-3)86-69(74)55-50-45-40-33-21-19-16-13-10-7-2/h63-66,71H,6-62H2,1-5H3,(H,76,77)(H,78,79)/t64-,65+,66+/m0/s1. The topological polar surface area (TPSA) is 237 Å². The van der Waals surface area contributed by atoms with Crippen LogP contribution in [0.5, 0.6) is 0 Å². The zero-order valence-electron chi connectivity index (χ0n) is 57.6. The summed E-state index contributed by atoms with van der Waals surface area (Å²) < 4.78 is 68.1. The van der Waals surface area contributed by atoms with E-state index >= 15 is 0 Å². The number of aliphatic hydroxyl groups excluding tert-OH is 1. The molecule has 0 saturated carbocycles. The molecule has 0 aromatic heterocycles. The fourth-order valence-electron chi connectivity index (χ4n) is 10.6. The van der Waals surface area contributed by atoms with E-state index in [1.54, 1.807) is 0 Å². The first kappa shape index (κ1) is 87.1. The summed E-state index contributed by atoms with van der Waals surface area (Å²) in [5.41, 5.74) is 0. The molecular formula is C70H136O17P2. The number of phosphoric ester groups is 2. The van der Waals surface area contributed by atoms with Gasteiger partial charge in [-0.05, 0) is 31.6 Å². The Balaban J connectivity index is 5.12. The van der Waals surface area contributed by atoms with E-state index in [4.69, 9.17) is 37.0 Å². The Labute approximate surface area is 543 Å². The summed E-state index contributed by atoms with van der Waals surface area (Å²) in [6.45, 7) is 7.15. The van der Waals surface area contributed by atoms with Crippen molar-refractivity contribution in [1.29, 1.82) is 0 Å². The van der Waals surface area contributed by atoms with Crippen LogP contribution in [0.1, 0.15) is 362 Å². The smallest absolute Gasteiger partial charge is 0.462 e. The van der Waals surface area contributed by atoms with E-state index in [0.29, 0.717) is 25.7 Å². The molecule has 0 aliphatic carbocycles. The normalized spacial score (nSPS) is 14.1. The molecule has 0 rings (SSSR count). The molecule has 3 N–H and O–H groups in total. The molecule has 19 heteroatoms. The molecule has 0 spiro atoms. The predicted octanol–water partition coefficient (Wildman–Crippen LogP) is 20.1. The average Bonchev–Trinajstić information content (AvgIpc) is 3.62. The second-order valence-corrected chi connectivity index (χ2v) is 28.7. The molecule has 89 heavy (non-hydrogen) atoms. The van der Waals surface area contributed by atoms with Gasteiger partial charge >= 0.3 is 39.5 Å². The Kier molecular flexibility index (Phi) is 62.1. The van der Waals surface area contributed by atoms with Crippen molar-refractivity contribution >= 4 is 39.5 Å². The molecule has 528 valence electrons. The molecule has 0 aromatic carbocycles. The Hall–Kier alpha value is -1.94. The summed E-state index contributed by atoms with van der Waals surface area (Å²) in [6.07, 6.45) is 50.3. The van der Waals surface area contributed by atoms with Gasteiger partial charge in [0, 0.05) is 25.7 Å². The van der Waals surface area contributed by atoms with Crippen LogP contribution in [0.15, 0.2) is 0 Å². The predicted molar refractivity (Wildman–Crippen MR) is 358 cm³/mol. The highest BCUT2D eigenvalue weighted by Crippen LogP contribution is 2.45. The van der Waals surface area contributed by atoms with Gasteiger partial charge in [-0.1, -0.05) is 311 Å². The molecule has 5 atom stereocenters. The van der Waals surface area contributed by atoms with Crippen molar-refractivity contribution in [2.75, 3.05) is 39.6 Å². The van der Waals surface area contributed by atoms with Gasteiger partial charge in [0.05, 0.1) is 26.4 Å². The molecule has 0 aromatic rings. The first-order valence-corrected chi connectivity index (χ1v) is 39.6. The number of aliphatic hydroxyl groups is 1. The lowest BCUT2D eigenvalue weighted by molar-refractivity contribution is -0.161. The van der Waals surface area contributed by atoms with Gasteiger partial charge < -0.3 is 33.8 Å². The number of hydrogen-bond donors (Lipinski definition) is 3. The minimum absolute atomic E-state index is 0.106. The molecule has 17 nitrogen and oxygen atoms in total. The highest BCUT2D eigenvalue weighted by atomic mass is 31.2. The third kappa shape index (κ3) is 64.6. The Bertz CT molecular complexity index is 1720. The largest absolute Gasteiger partial charge is 0.472 e. The van der Waals surface area contributed by atoms with Crippen molar-refractivity contribution in [3.8, 4) is 0 Å². The van der Waals surface area contributed by atoms with Gasteiger partial charge in [-0.25, -0.2) is 9.13 Å². The number of carbonyl (C=O) groups is 4. The van der Waals surface area contributed by atoms with Gasteiger partial charge in [0.2, 0.25) is 0 Å². The molecule has 0 aliphatic rings. The average molecular weight is 1310 g/mol. The van der Waals surface area contributed by atoms with Crippen LogP contribution < -0.4 is 0 Å². The molecule has 0 heterocycles. The summed E-state index contributed by atoms with van der Waals surface area (Å²) >= 11 is 0. The van der Waals surface area contributed by atoms with Gasteiger partial charge in [0.25, 0.3) is 0 Å². The quantitative estimate of drug-likeness (QED) is 0.0222. The number of phosphoric acid groups is 2. The molecule has 0 radical (unpaired) electrons. The van der Waals surface area contributed by atoms with Crippen molar-refractivity contribution in [1.82, 2.24) is 0 Å². The second-order valence-electron chi connectivity index (χ2n) is 25.7. The highest BCUT2D eigenvalue weighted by molar-refractivity contribution is 7.47. The van der Waals surface area contributed by atoms with Gasteiger partial charge in [-0.3, -0.25) is 37.3 Å². The van der Waals surface area contributed by atoms with Crippen molar-refractivity contribution in [3.05, 3.63) is 0 Å². The molecule has 0 fully saturated rings. The number of unbranched alkanes of at least 4 members (excludes halogenated alkanes) is 42. The lowest BCUT2D eigenvalue weighted by atomic mass is 10.0. The van der Waals surface area contributed by atoms with Crippen LogP contribution in [0.25, 0.3) is 0 Å². The number of carbonyl (C=O) groups excluding carboxylic acids is 4. The van der Waals surface area contributed by atoms with Crippen LogP contribution in [0, 0.1) is 5.92 Å². The van der Waals surface area contributed by atoms with E-state index in [-0.39, 0.29) is 25.7 Å². The van der Waals surface area contributed by atoms with E-state index in [9.17, 15) is 43.2 Å². The number of rotatable bonds is 70. The van der Waals surface area contributed by atoms with Crippen molar-refractivity contribution in [3.63, 3.8) is 0 Å². The van der Waals surface area contributed by atoms with Crippen LogP contribution in [-0.4, -0.2) is 96.7 Å². The molecular weight excluding hydrogens is 1170 g/mol. The lowest BCUT2D eigenvalue weighted by Gasteiger charge is -2.21. The maximum Gasteiger partial charge on any atom is 0.472 e. The minimum Gasteiger partial charge on any atom is -0.462 e. The SMILES string of the molecule is CCCCCCCCCCCCCCCCCCCCCCCC(=O)O[C@H](COC(=O)CCCCCCCCCCC(C)C)COP(=O)(O)OC[C@@H](O)COP(=O)(O)OC[C@@H](COC(=O)CCCCCCCCC)OC(=O)CCCCCCCCCCCC. The Morgan fingerprint density at radius 3 is 0.764 bits per heavy atom. The van der Waals surface area contributed by atoms with Gasteiger partial charge in [-0.15, -0.1) is 0 Å².